The first kappa shape index (κ1) is 16.2. The average molecular weight is 361 g/mol. The van der Waals surface area contributed by atoms with Crippen molar-refractivity contribution in [3.63, 3.8) is 0 Å². The minimum Gasteiger partial charge on any atom is -0.336 e. The minimum atomic E-state index is -3.17. The van der Waals surface area contributed by atoms with E-state index >= 15 is 0 Å². The lowest BCUT2D eigenvalue weighted by Gasteiger charge is -2.43. The SMILES string of the molecule is N#CN1CCC(N2CCN(c3cc(-c4ccccc4)no3)S2(O)O)C1. The van der Waals surface area contributed by atoms with Crippen molar-refractivity contribution in [2.24, 2.45) is 0 Å². The summed E-state index contributed by atoms with van der Waals surface area (Å²) in [6.45, 7) is 2.11. The molecule has 1 aromatic heterocycles. The lowest BCUT2D eigenvalue weighted by Crippen LogP contribution is -2.38. The monoisotopic (exact) mass is 361 g/mol. The highest BCUT2D eigenvalue weighted by Gasteiger charge is 2.44. The number of aromatic nitrogens is 1. The highest BCUT2D eigenvalue weighted by atomic mass is 32.3. The molecule has 0 spiro atoms. The summed E-state index contributed by atoms with van der Waals surface area (Å²) in [6, 6.07) is 11.3. The first-order valence-corrected chi connectivity index (χ1v) is 9.55. The van der Waals surface area contributed by atoms with Crippen molar-refractivity contribution in [3.8, 4) is 17.5 Å². The van der Waals surface area contributed by atoms with Crippen LogP contribution in [0.25, 0.3) is 11.3 Å². The predicted molar refractivity (Wildman–Crippen MR) is 94.4 cm³/mol. The Hall–Kier alpha value is -2.25. The first-order valence-electron chi connectivity index (χ1n) is 8.09. The van der Waals surface area contributed by atoms with Crippen LogP contribution in [0, 0.1) is 11.5 Å². The molecule has 25 heavy (non-hydrogen) atoms. The van der Waals surface area contributed by atoms with E-state index in [0.29, 0.717) is 37.8 Å². The van der Waals surface area contributed by atoms with Crippen molar-refractivity contribution >= 4 is 16.8 Å². The van der Waals surface area contributed by atoms with Gasteiger partial charge in [-0.3, -0.25) is 9.11 Å². The third-order valence-electron chi connectivity index (χ3n) is 4.66. The molecule has 1 unspecified atom stereocenters. The van der Waals surface area contributed by atoms with Gasteiger partial charge in [-0.2, -0.15) is 9.57 Å². The molecule has 132 valence electrons. The van der Waals surface area contributed by atoms with Crippen LogP contribution in [0.3, 0.4) is 0 Å². The highest BCUT2D eigenvalue weighted by Crippen LogP contribution is 2.55. The van der Waals surface area contributed by atoms with E-state index in [2.05, 4.69) is 11.3 Å². The van der Waals surface area contributed by atoms with E-state index in [9.17, 15) is 9.11 Å². The number of benzene rings is 1. The largest absolute Gasteiger partial charge is 0.336 e. The van der Waals surface area contributed by atoms with Gasteiger partial charge in [-0.05, 0) is 17.4 Å². The second-order valence-electron chi connectivity index (χ2n) is 6.14. The zero-order valence-corrected chi connectivity index (χ0v) is 14.3. The summed E-state index contributed by atoms with van der Waals surface area (Å²) >= 11 is 0. The number of hydrogen-bond acceptors (Lipinski definition) is 8. The van der Waals surface area contributed by atoms with Crippen molar-refractivity contribution in [2.45, 2.75) is 12.5 Å². The molecule has 0 radical (unpaired) electrons. The second kappa shape index (κ2) is 6.24. The molecule has 3 heterocycles. The Kier molecular flexibility index (Phi) is 4.05. The third-order valence-corrected chi connectivity index (χ3v) is 6.72. The summed E-state index contributed by atoms with van der Waals surface area (Å²) in [4.78, 5) is 1.64. The maximum atomic E-state index is 10.8. The molecule has 2 aliphatic rings. The molecule has 2 aromatic rings. The summed E-state index contributed by atoms with van der Waals surface area (Å²) in [6.07, 6.45) is 2.86. The molecule has 1 aromatic carbocycles. The van der Waals surface area contributed by atoms with E-state index < -0.39 is 11.0 Å². The third kappa shape index (κ3) is 2.83. The smallest absolute Gasteiger partial charge is 0.247 e. The molecular weight excluding hydrogens is 342 g/mol. The minimum absolute atomic E-state index is 0.0498. The molecule has 0 amide bonds. The number of hydrogen-bond donors (Lipinski definition) is 2. The number of anilines is 1. The molecule has 0 saturated carbocycles. The van der Waals surface area contributed by atoms with E-state index in [4.69, 9.17) is 9.78 Å². The topological polar surface area (TPSA) is 100 Å². The van der Waals surface area contributed by atoms with E-state index in [1.165, 1.54) is 4.31 Å². The summed E-state index contributed by atoms with van der Waals surface area (Å²) in [5, 5.41) is 13.1. The van der Waals surface area contributed by atoms with Gasteiger partial charge in [0.1, 0.15) is 5.69 Å². The average Bonchev–Trinajstić information content (AvgIpc) is 3.33. The van der Waals surface area contributed by atoms with Crippen molar-refractivity contribution < 1.29 is 13.6 Å². The first-order chi connectivity index (χ1) is 12.1. The van der Waals surface area contributed by atoms with Gasteiger partial charge in [0, 0.05) is 31.3 Å². The van der Waals surface area contributed by atoms with Gasteiger partial charge >= 0.3 is 0 Å². The molecule has 2 N–H and O–H groups in total. The maximum Gasteiger partial charge on any atom is 0.247 e. The standard InChI is InChI=1S/C16H19N5O3S/c17-12-19-7-6-14(11-19)20-8-9-21(25(20,22)23)16-10-15(18-24-16)13-4-2-1-3-5-13/h1-5,10,14,22-23H,6-9,11H2. The fraction of sp³-hybridized carbons (Fsp3) is 0.375. The van der Waals surface area contributed by atoms with E-state index in [0.717, 1.165) is 12.0 Å². The van der Waals surface area contributed by atoms with Crippen LogP contribution in [0.15, 0.2) is 40.9 Å². The molecule has 0 aliphatic carbocycles. The predicted octanol–water partition coefficient (Wildman–Crippen LogP) is 2.60. The van der Waals surface area contributed by atoms with Crippen LogP contribution < -0.4 is 4.31 Å². The zero-order chi connectivity index (χ0) is 17.4. The van der Waals surface area contributed by atoms with Crippen LogP contribution in [-0.2, 0) is 0 Å². The molecule has 8 nitrogen and oxygen atoms in total. The van der Waals surface area contributed by atoms with E-state index in [1.54, 1.807) is 15.3 Å². The van der Waals surface area contributed by atoms with Gasteiger partial charge in [-0.25, -0.2) is 4.31 Å². The van der Waals surface area contributed by atoms with Crippen molar-refractivity contribution in [3.05, 3.63) is 36.4 Å². The molecule has 4 rings (SSSR count). The second-order valence-corrected chi connectivity index (χ2v) is 8.03. The van der Waals surface area contributed by atoms with Crippen molar-refractivity contribution in [1.29, 1.82) is 5.26 Å². The van der Waals surface area contributed by atoms with Gasteiger partial charge < -0.3 is 9.42 Å². The van der Waals surface area contributed by atoms with Crippen LogP contribution in [0.2, 0.25) is 0 Å². The Bertz CT molecular complexity index is 791. The van der Waals surface area contributed by atoms with Gasteiger partial charge in [-0.1, -0.05) is 35.5 Å². The van der Waals surface area contributed by atoms with Crippen LogP contribution in [0.1, 0.15) is 6.42 Å². The summed E-state index contributed by atoms with van der Waals surface area (Å²) in [5.74, 6) is 0.344. The summed E-state index contributed by atoms with van der Waals surface area (Å²) < 4.78 is 30.1. The van der Waals surface area contributed by atoms with Crippen LogP contribution in [0.5, 0.6) is 0 Å². The Morgan fingerprint density at radius 2 is 2.00 bits per heavy atom. The van der Waals surface area contributed by atoms with Crippen molar-refractivity contribution in [1.82, 2.24) is 14.4 Å². The Labute approximate surface area is 147 Å². The summed E-state index contributed by atoms with van der Waals surface area (Å²) in [5.41, 5.74) is 1.56. The summed E-state index contributed by atoms with van der Waals surface area (Å²) in [7, 11) is -3.17. The van der Waals surface area contributed by atoms with Gasteiger partial charge in [0.2, 0.25) is 5.88 Å². The zero-order valence-electron chi connectivity index (χ0n) is 13.5. The fourth-order valence-electron chi connectivity index (χ4n) is 3.37. The normalized spacial score (nSPS) is 24.4. The van der Waals surface area contributed by atoms with Crippen molar-refractivity contribution in [2.75, 3.05) is 30.5 Å². The van der Waals surface area contributed by atoms with Gasteiger partial charge in [0.05, 0.1) is 12.6 Å². The Morgan fingerprint density at radius 1 is 1.20 bits per heavy atom. The molecule has 2 saturated heterocycles. The quantitative estimate of drug-likeness (QED) is 0.805. The number of nitriles is 1. The maximum absolute atomic E-state index is 10.8. The molecule has 2 aliphatic heterocycles. The molecule has 2 fully saturated rings. The molecule has 9 heteroatoms. The number of likely N-dealkylation sites (tertiary alicyclic amines) is 1. The lowest BCUT2D eigenvalue weighted by atomic mass is 10.2. The fourth-order valence-corrected chi connectivity index (χ4v) is 5.18. The van der Waals surface area contributed by atoms with Gasteiger partial charge in [-0.15, -0.1) is 0 Å². The number of rotatable bonds is 3. The molecular formula is C16H19N5O3S. The van der Waals surface area contributed by atoms with Crippen LogP contribution in [0.4, 0.5) is 5.88 Å². The van der Waals surface area contributed by atoms with E-state index in [1.807, 2.05) is 30.3 Å². The molecule has 0 bridgehead atoms. The number of nitrogens with zero attached hydrogens (tertiary/aromatic N) is 5. The van der Waals surface area contributed by atoms with Crippen LogP contribution >= 0.6 is 11.0 Å². The highest BCUT2D eigenvalue weighted by molar-refractivity contribution is 8.23. The Morgan fingerprint density at radius 3 is 2.72 bits per heavy atom. The lowest BCUT2D eigenvalue weighted by molar-refractivity contribution is 0.309. The van der Waals surface area contributed by atoms with Gasteiger partial charge in [0.15, 0.2) is 6.19 Å². The van der Waals surface area contributed by atoms with E-state index in [-0.39, 0.29) is 6.04 Å². The van der Waals surface area contributed by atoms with Gasteiger partial charge in [0.25, 0.3) is 0 Å². The van der Waals surface area contributed by atoms with Crippen LogP contribution in [-0.4, -0.2) is 55.7 Å². The molecule has 1 atom stereocenters. The Balaban J connectivity index is 1.54.